The van der Waals surface area contributed by atoms with Gasteiger partial charge in [-0.25, -0.2) is 0 Å². The van der Waals surface area contributed by atoms with Gasteiger partial charge in [0.2, 0.25) is 0 Å². The van der Waals surface area contributed by atoms with Gasteiger partial charge in [-0.2, -0.15) is 0 Å². The Bertz CT molecular complexity index is 762. The predicted molar refractivity (Wildman–Crippen MR) is 101 cm³/mol. The maximum atomic E-state index is 3.82. The van der Waals surface area contributed by atoms with Gasteiger partial charge in [0.15, 0.2) is 0 Å². The second kappa shape index (κ2) is 5.83. The summed E-state index contributed by atoms with van der Waals surface area (Å²) in [5, 5.41) is 3.82. The number of rotatable bonds is 2. The number of benzene rings is 2. The fraction of sp³-hybridized carbons (Fsp3) is 0.333. The maximum absolute atomic E-state index is 3.82. The van der Waals surface area contributed by atoms with E-state index in [0.717, 1.165) is 10.9 Å². The first-order chi connectivity index (χ1) is 11.1. The molecule has 118 valence electrons. The number of hydrogen-bond acceptors (Lipinski definition) is 1. The molecular weight excluding hydrogens is 346 g/mol. The minimum atomic E-state index is 0.380. The third-order valence-electron chi connectivity index (χ3n) is 5.26. The summed E-state index contributed by atoms with van der Waals surface area (Å²) in [6.07, 6.45) is 5.93. The lowest BCUT2D eigenvalue weighted by Crippen LogP contribution is -2.29. The van der Waals surface area contributed by atoms with Crippen LogP contribution in [0.5, 0.6) is 0 Å². The minimum Gasteiger partial charge on any atom is -0.378 e. The summed E-state index contributed by atoms with van der Waals surface area (Å²) in [5.74, 6) is 1.72. The fourth-order valence-electron chi connectivity index (χ4n) is 4.00. The van der Waals surface area contributed by atoms with Crippen LogP contribution in [0, 0.1) is 5.92 Å². The van der Waals surface area contributed by atoms with Gasteiger partial charge in [-0.15, -0.1) is 0 Å². The van der Waals surface area contributed by atoms with Crippen LogP contribution in [0.15, 0.2) is 59.1 Å². The summed E-state index contributed by atoms with van der Waals surface area (Å²) in [7, 11) is 0. The quantitative estimate of drug-likeness (QED) is 0.605. The van der Waals surface area contributed by atoms with Crippen LogP contribution >= 0.6 is 15.9 Å². The summed E-state index contributed by atoms with van der Waals surface area (Å²) < 4.78 is 1.15. The van der Waals surface area contributed by atoms with Gasteiger partial charge >= 0.3 is 0 Å². The second-order valence-electron chi connectivity index (χ2n) is 7.03. The summed E-state index contributed by atoms with van der Waals surface area (Å²) in [5.41, 5.74) is 5.58. The summed E-state index contributed by atoms with van der Waals surface area (Å²) in [4.78, 5) is 0. The van der Waals surface area contributed by atoms with E-state index in [2.05, 4.69) is 89.7 Å². The molecule has 2 heteroatoms. The van der Waals surface area contributed by atoms with E-state index in [0.29, 0.717) is 23.8 Å². The Hall–Kier alpha value is -1.54. The Morgan fingerprint density at radius 2 is 2.00 bits per heavy atom. The van der Waals surface area contributed by atoms with Gasteiger partial charge in [0.25, 0.3) is 0 Å². The van der Waals surface area contributed by atoms with Crippen molar-refractivity contribution in [2.24, 2.45) is 5.92 Å². The summed E-state index contributed by atoms with van der Waals surface area (Å²) in [6, 6.07) is 16.1. The van der Waals surface area contributed by atoms with E-state index < -0.39 is 0 Å². The summed E-state index contributed by atoms with van der Waals surface area (Å²) in [6.45, 7) is 4.54. The average Bonchev–Trinajstić information content (AvgIpc) is 3.03. The van der Waals surface area contributed by atoms with Crippen molar-refractivity contribution in [2.45, 2.75) is 38.1 Å². The van der Waals surface area contributed by atoms with E-state index in [-0.39, 0.29) is 0 Å². The molecule has 0 unspecified atom stereocenters. The lowest BCUT2D eigenvalue weighted by atomic mass is 9.76. The zero-order valence-electron chi connectivity index (χ0n) is 13.6. The third-order valence-corrected chi connectivity index (χ3v) is 5.75. The van der Waals surface area contributed by atoms with Crippen molar-refractivity contribution in [3.63, 3.8) is 0 Å². The molecule has 4 rings (SSSR count). The predicted octanol–water partition coefficient (Wildman–Crippen LogP) is 6.40. The first-order valence-corrected chi connectivity index (χ1v) is 9.25. The molecule has 2 aromatic carbocycles. The largest absolute Gasteiger partial charge is 0.378 e. The zero-order valence-corrected chi connectivity index (χ0v) is 15.2. The average molecular weight is 368 g/mol. The molecule has 0 amide bonds. The van der Waals surface area contributed by atoms with E-state index in [4.69, 9.17) is 0 Å². The Morgan fingerprint density at radius 3 is 2.78 bits per heavy atom. The monoisotopic (exact) mass is 367 g/mol. The van der Waals surface area contributed by atoms with Crippen LogP contribution in [0.4, 0.5) is 5.69 Å². The van der Waals surface area contributed by atoms with Crippen molar-refractivity contribution in [2.75, 3.05) is 5.32 Å². The van der Waals surface area contributed by atoms with Crippen molar-refractivity contribution in [1.82, 2.24) is 0 Å². The van der Waals surface area contributed by atoms with Gasteiger partial charge in [-0.05, 0) is 53.1 Å². The SMILES string of the molecule is CC(C)c1ccc2c(c1)[C@@H]1C=CC[C@@H]1[C@H](c1cccc(Br)c1)N2. The van der Waals surface area contributed by atoms with Gasteiger partial charge in [-0.3, -0.25) is 0 Å². The van der Waals surface area contributed by atoms with Crippen molar-refractivity contribution in [1.29, 1.82) is 0 Å². The number of nitrogens with one attached hydrogen (secondary N) is 1. The highest BCUT2D eigenvalue weighted by Gasteiger charge is 2.37. The van der Waals surface area contributed by atoms with Crippen LogP contribution in [0.25, 0.3) is 0 Å². The zero-order chi connectivity index (χ0) is 16.0. The molecular formula is C21H22BrN. The Morgan fingerprint density at radius 1 is 1.13 bits per heavy atom. The highest BCUT2D eigenvalue weighted by molar-refractivity contribution is 9.10. The van der Waals surface area contributed by atoms with E-state index in [1.54, 1.807) is 0 Å². The van der Waals surface area contributed by atoms with Crippen molar-refractivity contribution < 1.29 is 0 Å². The molecule has 0 radical (unpaired) electrons. The second-order valence-corrected chi connectivity index (χ2v) is 7.95. The molecule has 0 bridgehead atoms. The van der Waals surface area contributed by atoms with Crippen LogP contribution in [-0.2, 0) is 0 Å². The molecule has 2 aromatic rings. The van der Waals surface area contributed by atoms with Crippen molar-refractivity contribution in [3.05, 3.63) is 75.8 Å². The van der Waals surface area contributed by atoms with Crippen LogP contribution in [0.1, 0.15) is 54.8 Å². The molecule has 0 aromatic heterocycles. The first kappa shape index (κ1) is 15.0. The number of anilines is 1. The molecule has 1 nitrogen and oxygen atoms in total. The summed E-state index contributed by atoms with van der Waals surface area (Å²) >= 11 is 3.62. The number of fused-ring (bicyclic) bond motifs is 3. The van der Waals surface area contributed by atoms with Crippen molar-refractivity contribution in [3.8, 4) is 0 Å². The maximum Gasteiger partial charge on any atom is 0.0554 e. The fourth-order valence-corrected chi connectivity index (χ4v) is 4.42. The number of halogens is 1. The van der Waals surface area contributed by atoms with Gasteiger partial charge < -0.3 is 5.32 Å². The van der Waals surface area contributed by atoms with Gasteiger partial charge in [0.1, 0.15) is 0 Å². The minimum absolute atomic E-state index is 0.380. The first-order valence-electron chi connectivity index (χ1n) is 8.46. The Labute approximate surface area is 146 Å². The Kier molecular flexibility index (Phi) is 3.81. The van der Waals surface area contributed by atoms with Crippen LogP contribution in [-0.4, -0.2) is 0 Å². The molecule has 2 aliphatic rings. The van der Waals surface area contributed by atoms with E-state index in [9.17, 15) is 0 Å². The molecule has 0 saturated carbocycles. The number of hydrogen-bond donors (Lipinski definition) is 1. The molecule has 0 saturated heterocycles. The molecule has 0 fully saturated rings. The van der Waals surface area contributed by atoms with E-state index >= 15 is 0 Å². The molecule has 1 aliphatic heterocycles. The van der Waals surface area contributed by atoms with Crippen LogP contribution in [0.2, 0.25) is 0 Å². The van der Waals surface area contributed by atoms with Gasteiger partial charge in [0.05, 0.1) is 6.04 Å². The lowest BCUT2D eigenvalue weighted by Gasteiger charge is -2.38. The molecule has 23 heavy (non-hydrogen) atoms. The van der Waals surface area contributed by atoms with Crippen LogP contribution < -0.4 is 5.32 Å². The lowest BCUT2D eigenvalue weighted by molar-refractivity contribution is 0.425. The van der Waals surface area contributed by atoms with Crippen molar-refractivity contribution >= 4 is 21.6 Å². The highest BCUT2D eigenvalue weighted by Crippen LogP contribution is 2.50. The number of allylic oxidation sites excluding steroid dienone is 2. The van der Waals surface area contributed by atoms with Gasteiger partial charge in [-0.1, -0.05) is 66.2 Å². The smallest absolute Gasteiger partial charge is 0.0554 e. The van der Waals surface area contributed by atoms with Gasteiger partial charge in [0, 0.05) is 16.1 Å². The molecule has 3 atom stereocenters. The Balaban J connectivity index is 1.77. The standard InChI is InChI=1S/C21H22BrN/c1-13(2)14-9-10-20-19(12-14)17-7-4-8-18(17)21(23-20)15-5-3-6-16(22)11-15/h3-7,9-13,17-18,21,23H,8H2,1-2H3/t17-,18+,21+/m1/s1. The van der Waals surface area contributed by atoms with Crippen LogP contribution in [0.3, 0.4) is 0 Å². The highest BCUT2D eigenvalue weighted by atomic mass is 79.9. The third kappa shape index (κ3) is 2.63. The molecule has 1 aliphatic carbocycles. The topological polar surface area (TPSA) is 12.0 Å². The molecule has 0 spiro atoms. The molecule has 1 heterocycles. The van der Waals surface area contributed by atoms with E-state index in [1.807, 2.05) is 0 Å². The normalized spacial score (nSPS) is 25.1. The van der Waals surface area contributed by atoms with E-state index in [1.165, 1.54) is 22.4 Å². The molecule has 1 N–H and O–H groups in total.